The molecule has 0 amide bonds. The first-order valence-corrected chi connectivity index (χ1v) is 6.83. The van der Waals surface area contributed by atoms with E-state index in [0.29, 0.717) is 5.41 Å². The molecule has 1 aromatic rings. The molecule has 1 aliphatic heterocycles. The van der Waals surface area contributed by atoms with Crippen LogP contribution in [0.5, 0.6) is 11.5 Å². The maximum Gasteiger partial charge on any atom is 0.126 e. The van der Waals surface area contributed by atoms with E-state index < -0.39 is 0 Å². The topological polar surface area (TPSA) is 30.5 Å². The van der Waals surface area contributed by atoms with Crippen molar-refractivity contribution in [3.8, 4) is 11.5 Å². The zero-order chi connectivity index (χ0) is 14.1. The summed E-state index contributed by atoms with van der Waals surface area (Å²) < 4.78 is 10.8. The SMILES string of the molecule is COc1ccc(C2(C)CNCC(C)(C)C2)c(OC)c1. The molecule has 2 rings (SSSR count). The van der Waals surface area contributed by atoms with Crippen LogP contribution < -0.4 is 14.8 Å². The summed E-state index contributed by atoms with van der Waals surface area (Å²) in [6, 6.07) is 6.13. The van der Waals surface area contributed by atoms with Crippen molar-refractivity contribution in [3.63, 3.8) is 0 Å². The van der Waals surface area contributed by atoms with Crippen LogP contribution in [0.1, 0.15) is 32.8 Å². The Bertz CT molecular complexity index is 456. The van der Waals surface area contributed by atoms with Gasteiger partial charge in [0.05, 0.1) is 14.2 Å². The highest BCUT2D eigenvalue weighted by Crippen LogP contribution is 2.43. The Kier molecular flexibility index (Phi) is 3.77. The quantitative estimate of drug-likeness (QED) is 0.909. The number of ether oxygens (including phenoxy) is 2. The fourth-order valence-electron chi connectivity index (χ4n) is 3.35. The molecular formula is C16H25NO2. The fourth-order valence-corrected chi connectivity index (χ4v) is 3.35. The minimum Gasteiger partial charge on any atom is -0.497 e. The minimum absolute atomic E-state index is 0.0966. The van der Waals surface area contributed by atoms with Crippen LogP contribution in [0, 0.1) is 5.41 Å². The molecule has 0 aromatic heterocycles. The molecule has 1 saturated heterocycles. The summed E-state index contributed by atoms with van der Waals surface area (Å²) in [7, 11) is 3.41. The second kappa shape index (κ2) is 5.04. The molecule has 1 fully saturated rings. The Morgan fingerprint density at radius 2 is 1.79 bits per heavy atom. The van der Waals surface area contributed by atoms with Gasteiger partial charge in [-0.3, -0.25) is 0 Å². The highest BCUT2D eigenvalue weighted by molar-refractivity contribution is 5.45. The van der Waals surface area contributed by atoms with Crippen LogP contribution in [0.25, 0.3) is 0 Å². The standard InChI is InChI=1S/C16H25NO2/c1-15(2)9-16(3,11-17-10-15)13-7-6-12(18-4)8-14(13)19-5/h6-8,17H,9-11H2,1-5H3. The van der Waals surface area contributed by atoms with Crippen molar-refractivity contribution >= 4 is 0 Å². The molecule has 0 saturated carbocycles. The first kappa shape index (κ1) is 14.2. The third-order valence-electron chi connectivity index (χ3n) is 4.05. The molecule has 3 heteroatoms. The molecule has 0 spiro atoms. The molecule has 1 heterocycles. The van der Waals surface area contributed by atoms with Gasteiger partial charge in [0.25, 0.3) is 0 Å². The third kappa shape index (κ3) is 2.86. The molecule has 0 aliphatic carbocycles. The summed E-state index contributed by atoms with van der Waals surface area (Å²) in [5, 5.41) is 3.56. The van der Waals surface area contributed by atoms with E-state index in [9.17, 15) is 0 Å². The molecule has 1 atom stereocenters. The maximum absolute atomic E-state index is 5.57. The molecule has 3 nitrogen and oxygen atoms in total. The van der Waals surface area contributed by atoms with E-state index in [1.807, 2.05) is 12.1 Å². The number of benzene rings is 1. The van der Waals surface area contributed by atoms with Crippen molar-refractivity contribution < 1.29 is 9.47 Å². The van der Waals surface area contributed by atoms with Crippen LogP contribution in [0.3, 0.4) is 0 Å². The van der Waals surface area contributed by atoms with Crippen LogP contribution >= 0.6 is 0 Å². The van der Waals surface area contributed by atoms with Crippen LogP contribution in [-0.4, -0.2) is 27.3 Å². The Hall–Kier alpha value is -1.22. The van der Waals surface area contributed by atoms with Gasteiger partial charge in [-0.1, -0.05) is 26.8 Å². The van der Waals surface area contributed by atoms with Gasteiger partial charge in [0.1, 0.15) is 11.5 Å². The van der Waals surface area contributed by atoms with E-state index in [0.717, 1.165) is 31.0 Å². The zero-order valence-corrected chi connectivity index (χ0v) is 12.7. The number of methoxy groups -OCH3 is 2. The number of piperidine rings is 1. The predicted octanol–water partition coefficient (Wildman–Crippen LogP) is 2.98. The first-order chi connectivity index (χ1) is 8.90. The van der Waals surface area contributed by atoms with Crippen molar-refractivity contribution in [1.82, 2.24) is 5.32 Å². The normalized spacial score (nSPS) is 25.9. The van der Waals surface area contributed by atoms with Crippen molar-refractivity contribution in [1.29, 1.82) is 0 Å². The van der Waals surface area contributed by atoms with Gasteiger partial charge < -0.3 is 14.8 Å². The largest absolute Gasteiger partial charge is 0.497 e. The van der Waals surface area contributed by atoms with E-state index in [-0.39, 0.29) is 5.41 Å². The zero-order valence-electron chi connectivity index (χ0n) is 12.7. The molecule has 1 aliphatic rings. The Labute approximate surface area is 116 Å². The van der Waals surface area contributed by atoms with Gasteiger partial charge in [-0.2, -0.15) is 0 Å². The highest BCUT2D eigenvalue weighted by atomic mass is 16.5. The van der Waals surface area contributed by atoms with Crippen molar-refractivity contribution in [2.24, 2.45) is 5.41 Å². The second-order valence-electron chi connectivity index (χ2n) is 6.57. The lowest BCUT2D eigenvalue weighted by Crippen LogP contribution is -2.49. The van der Waals surface area contributed by atoms with Gasteiger partial charge in [-0.05, 0) is 17.9 Å². The number of hydrogen-bond donors (Lipinski definition) is 1. The van der Waals surface area contributed by atoms with Crippen molar-refractivity contribution in [2.75, 3.05) is 27.3 Å². The van der Waals surface area contributed by atoms with Gasteiger partial charge in [0, 0.05) is 30.1 Å². The van der Waals surface area contributed by atoms with Crippen LogP contribution in [0.4, 0.5) is 0 Å². The molecular weight excluding hydrogens is 238 g/mol. The monoisotopic (exact) mass is 263 g/mol. The summed E-state index contributed by atoms with van der Waals surface area (Å²) in [5.74, 6) is 1.76. The van der Waals surface area contributed by atoms with Gasteiger partial charge >= 0.3 is 0 Å². The molecule has 106 valence electrons. The molecule has 1 unspecified atom stereocenters. The summed E-state index contributed by atoms with van der Waals surface area (Å²) in [6.45, 7) is 8.99. The average molecular weight is 263 g/mol. The van der Waals surface area contributed by atoms with E-state index in [1.165, 1.54) is 5.56 Å². The van der Waals surface area contributed by atoms with Gasteiger partial charge in [-0.15, -0.1) is 0 Å². The number of rotatable bonds is 3. The van der Waals surface area contributed by atoms with Gasteiger partial charge in [0.15, 0.2) is 0 Å². The fraction of sp³-hybridized carbons (Fsp3) is 0.625. The van der Waals surface area contributed by atoms with E-state index in [4.69, 9.17) is 9.47 Å². The first-order valence-electron chi connectivity index (χ1n) is 6.83. The van der Waals surface area contributed by atoms with E-state index in [2.05, 4.69) is 32.2 Å². The maximum atomic E-state index is 5.57. The Morgan fingerprint density at radius 1 is 1.05 bits per heavy atom. The lowest BCUT2D eigenvalue weighted by Gasteiger charge is -2.44. The average Bonchev–Trinajstić information content (AvgIpc) is 2.36. The van der Waals surface area contributed by atoms with Gasteiger partial charge in [0.2, 0.25) is 0 Å². The number of hydrogen-bond acceptors (Lipinski definition) is 3. The lowest BCUT2D eigenvalue weighted by atomic mass is 9.67. The third-order valence-corrected chi connectivity index (χ3v) is 4.05. The Balaban J connectivity index is 2.39. The second-order valence-corrected chi connectivity index (χ2v) is 6.57. The molecule has 19 heavy (non-hydrogen) atoms. The number of nitrogens with one attached hydrogen (secondary N) is 1. The van der Waals surface area contributed by atoms with Crippen LogP contribution in [0.2, 0.25) is 0 Å². The molecule has 1 aromatic carbocycles. The summed E-state index contributed by atoms with van der Waals surface area (Å²) in [5.41, 5.74) is 1.66. The summed E-state index contributed by atoms with van der Waals surface area (Å²) in [4.78, 5) is 0. The Morgan fingerprint density at radius 3 is 2.37 bits per heavy atom. The van der Waals surface area contributed by atoms with E-state index >= 15 is 0 Å². The summed E-state index contributed by atoms with van der Waals surface area (Å²) in [6.07, 6.45) is 1.15. The van der Waals surface area contributed by atoms with Crippen LogP contribution in [-0.2, 0) is 5.41 Å². The molecule has 0 radical (unpaired) electrons. The molecule has 0 bridgehead atoms. The van der Waals surface area contributed by atoms with Crippen molar-refractivity contribution in [2.45, 2.75) is 32.6 Å². The van der Waals surface area contributed by atoms with Gasteiger partial charge in [-0.25, -0.2) is 0 Å². The smallest absolute Gasteiger partial charge is 0.126 e. The highest BCUT2D eigenvalue weighted by Gasteiger charge is 2.39. The van der Waals surface area contributed by atoms with E-state index in [1.54, 1.807) is 14.2 Å². The predicted molar refractivity (Wildman–Crippen MR) is 78.2 cm³/mol. The van der Waals surface area contributed by atoms with Crippen LogP contribution in [0.15, 0.2) is 18.2 Å². The van der Waals surface area contributed by atoms with Crippen molar-refractivity contribution in [3.05, 3.63) is 23.8 Å². The minimum atomic E-state index is 0.0966. The summed E-state index contributed by atoms with van der Waals surface area (Å²) >= 11 is 0. The lowest BCUT2D eigenvalue weighted by molar-refractivity contribution is 0.176. The molecule has 1 N–H and O–H groups in total.